The smallest absolute Gasteiger partial charge is 0.225 e. The molecule has 1 atom stereocenters. The Morgan fingerprint density at radius 3 is 2.61 bits per heavy atom. The molecule has 1 heterocycles. The number of ether oxygens (including phenoxy) is 2. The van der Waals surface area contributed by atoms with E-state index >= 15 is 0 Å². The molecule has 1 aliphatic heterocycles. The first-order valence-corrected chi connectivity index (χ1v) is 9.53. The number of carbonyl (C=O) groups is 1. The predicted octanol–water partition coefficient (Wildman–Crippen LogP) is 2.63. The molecular weight excluding hydrogens is 471 g/mol. The van der Waals surface area contributed by atoms with E-state index in [0.717, 1.165) is 37.6 Å². The highest BCUT2D eigenvalue weighted by Crippen LogP contribution is 2.27. The minimum absolute atomic E-state index is 0. The minimum atomic E-state index is 0. The molecule has 1 aromatic carbocycles. The number of nitrogens with one attached hydrogen (secondary N) is 2. The molecule has 0 aliphatic carbocycles. The number of benzene rings is 1. The van der Waals surface area contributed by atoms with E-state index in [2.05, 4.69) is 15.6 Å². The van der Waals surface area contributed by atoms with Crippen molar-refractivity contribution in [2.75, 3.05) is 33.9 Å². The van der Waals surface area contributed by atoms with Gasteiger partial charge >= 0.3 is 0 Å². The zero-order valence-corrected chi connectivity index (χ0v) is 19.8. The second-order valence-corrected chi connectivity index (χ2v) is 6.95. The van der Waals surface area contributed by atoms with Crippen LogP contribution in [0.3, 0.4) is 0 Å². The highest BCUT2D eigenvalue weighted by atomic mass is 127. The molecule has 2 N–H and O–H groups in total. The number of hydrogen-bond acceptors (Lipinski definition) is 4. The number of halogens is 1. The molecule has 0 spiro atoms. The van der Waals surface area contributed by atoms with Crippen LogP contribution < -0.4 is 20.1 Å². The largest absolute Gasteiger partial charge is 0.493 e. The lowest BCUT2D eigenvalue weighted by Gasteiger charge is -2.20. The second-order valence-electron chi connectivity index (χ2n) is 6.95. The van der Waals surface area contributed by atoms with Crippen molar-refractivity contribution in [2.45, 2.75) is 39.8 Å². The van der Waals surface area contributed by atoms with Crippen molar-refractivity contribution < 1.29 is 14.3 Å². The summed E-state index contributed by atoms with van der Waals surface area (Å²) in [5, 5.41) is 6.73. The van der Waals surface area contributed by atoms with Gasteiger partial charge in [0.1, 0.15) is 0 Å². The maximum Gasteiger partial charge on any atom is 0.225 e. The quantitative estimate of drug-likeness (QED) is 0.340. The molecule has 0 aromatic heterocycles. The van der Waals surface area contributed by atoms with Crippen LogP contribution in [0.4, 0.5) is 0 Å². The Bertz CT molecular complexity index is 667. The molecule has 7 nitrogen and oxygen atoms in total. The summed E-state index contributed by atoms with van der Waals surface area (Å²) in [7, 11) is 3.25. The number of amides is 1. The van der Waals surface area contributed by atoms with Crippen LogP contribution >= 0.6 is 24.0 Å². The average molecular weight is 504 g/mol. The number of nitrogens with zero attached hydrogens (tertiary/aromatic N) is 2. The van der Waals surface area contributed by atoms with Crippen LogP contribution in [0, 0.1) is 5.92 Å². The molecule has 158 valence electrons. The Hall–Kier alpha value is -1.71. The van der Waals surface area contributed by atoms with Crippen LogP contribution in [0.1, 0.15) is 32.8 Å². The summed E-state index contributed by atoms with van der Waals surface area (Å²) in [6.07, 6.45) is 0.930. The van der Waals surface area contributed by atoms with Crippen LogP contribution in [0.2, 0.25) is 0 Å². The van der Waals surface area contributed by atoms with Crippen molar-refractivity contribution in [3.8, 4) is 11.5 Å². The second kappa shape index (κ2) is 12.0. The molecule has 28 heavy (non-hydrogen) atoms. The van der Waals surface area contributed by atoms with E-state index < -0.39 is 0 Å². The first kappa shape index (κ1) is 24.3. The van der Waals surface area contributed by atoms with Crippen LogP contribution in [0.15, 0.2) is 23.2 Å². The Kier molecular flexibility index (Phi) is 10.4. The monoisotopic (exact) mass is 504 g/mol. The van der Waals surface area contributed by atoms with Crippen molar-refractivity contribution >= 4 is 35.8 Å². The van der Waals surface area contributed by atoms with Crippen LogP contribution in [0.25, 0.3) is 0 Å². The lowest BCUT2D eigenvalue weighted by Crippen LogP contribution is -2.45. The Labute approximate surface area is 185 Å². The van der Waals surface area contributed by atoms with Gasteiger partial charge in [-0.15, -0.1) is 24.0 Å². The molecule has 0 saturated carbocycles. The van der Waals surface area contributed by atoms with Gasteiger partial charge in [-0.1, -0.05) is 19.9 Å². The van der Waals surface area contributed by atoms with Gasteiger partial charge in [-0.2, -0.15) is 0 Å². The van der Waals surface area contributed by atoms with Crippen LogP contribution in [0.5, 0.6) is 11.5 Å². The summed E-state index contributed by atoms with van der Waals surface area (Å²) in [5.74, 6) is 2.41. The van der Waals surface area contributed by atoms with Gasteiger partial charge in [0.05, 0.1) is 20.8 Å². The van der Waals surface area contributed by atoms with Crippen molar-refractivity contribution in [3.05, 3.63) is 23.8 Å². The SMILES string of the molecule is CCNC(=NCc1ccc(OC)c(OC)c1)NC1CCN(C(=O)C(C)C)C1.I. The maximum atomic E-state index is 12.2. The van der Waals surface area contributed by atoms with E-state index in [0.29, 0.717) is 18.0 Å². The van der Waals surface area contributed by atoms with E-state index in [-0.39, 0.29) is 41.8 Å². The molecule has 1 amide bonds. The van der Waals surface area contributed by atoms with E-state index in [1.165, 1.54) is 0 Å². The highest BCUT2D eigenvalue weighted by molar-refractivity contribution is 14.0. The fraction of sp³-hybridized carbons (Fsp3) is 0.600. The summed E-state index contributed by atoms with van der Waals surface area (Å²) in [6.45, 7) is 8.74. The molecule has 8 heteroatoms. The Morgan fingerprint density at radius 1 is 1.29 bits per heavy atom. The standard InChI is InChI=1S/C20H32N4O3.HI/c1-6-21-20(23-16-9-10-24(13-16)19(25)14(2)3)22-12-15-7-8-17(26-4)18(11-15)27-5;/h7-8,11,14,16H,6,9-10,12-13H2,1-5H3,(H2,21,22,23);1H. The number of methoxy groups -OCH3 is 2. The number of likely N-dealkylation sites (tertiary alicyclic amines) is 1. The normalized spacial score (nSPS) is 16.6. The van der Waals surface area contributed by atoms with Gasteiger partial charge in [0.2, 0.25) is 5.91 Å². The van der Waals surface area contributed by atoms with Gasteiger partial charge in [-0.3, -0.25) is 4.79 Å². The summed E-state index contributed by atoms with van der Waals surface area (Å²) in [6, 6.07) is 6.02. The molecule has 1 aromatic rings. The topological polar surface area (TPSA) is 75.2 Å². The summed E-state index contributed by atoms with van der Waals surface area (Å²) in [4.78, 5) is 18.8. The Morgan fingerprint density at radius 2 is 2.00 bits per heavy atom. The van der Waals surface area contributed by atoms with Crippen molar-refractivity contribution in [1.82, 2.24) is 15.5 Å². The van der Waals surface area contributed by atoms with Crippen molar-refractivity contribution in [3.63, 3.8) is 0 Å². The molecule has 1 unspecified atom stereocenters. The third-order valence-electron chi connectivity index (χ3n) is 4.55. The van der Waals surface area contributed by atoms with Gasteiger partial charge < -0.3 is 25.0 Å². The fourth-order valence-electron chi connectivity index (χ4n) is 3.11. The van der Waals surface area contributed by atoms with E-state index in [9.17, 15) is 4.79 Å². The zero-order valence-electron chi connectivity index (χ0n) is 17.4. The minimum Gasteiger partial charge on any atom is -0.493 e. The number of carbonyl (C=O) groups excluding carboxylic acids is 1. The van der Waals surface area contributed by atoms with E-state index in [1.54, 1.807) is 14.2 Å². The van der Waals surface area contributed by atoms with Gasteiger partial charge in [0, 0.05) is 31.6 Å². The zero-order chi connectivity index (χ0) is 19.8. The van der Waals surface area contributed by atoms with Gasteiger partial charge in [-0.25, -0.2) is 4.99 Å². The van der Waals surface area contributed by atoms with Crippen molar-refractivity contribution in [2.24, 2.45) is 10.9 Å². The third-order valence-corrected chi connectivity index (χ3v) is 4.55. The lowest BCUT2D eigenvalue weighted by molar-refractivity contribution is -0.133. The predicted molar refractivity (Wildman–Crippen MR) is 123 cm³/mol. The number of guanidine groups is 1. The van der Waals surface area contributed by atoms with Crippen molar-refractivity contribution in [1.29, 1.82) is 0 Å². The number of rotatable bonds is 7. The number of aliphatic imine (C=N–C) groups is 1. The summed E-state index contributed by atoms with van der Waals surface area (Å²) in [5.41, 5.74) is 1.04. The molecule has 1 saturated heterocycles. The molecule has 0 radical (unpaired) electrons. The van der Waals surface area contributed by atoms with Crippen LogP contribution in [-0.2, 0) is 11.3 Å². The maximum absolute atomic E-state index is 12.2. The first-order valence-electron chi connectivity index (χ1n) is 9.53. The average Bonchev–Trinajstić information content (AvgIpc) is 3.13. The molecule has 2 rings (SSSR count). The molecule has 0 bridgehead atoms. The van der Waals surface area contributed by atoms with Gasteiger partial charge in [0.25, 0.3) is 0 Å². The molecular formula is C20H33IN4O3. The summed E-state index contributed by atoms with van der Waals surface area (Å²) >= 11 is 0. The molecule has 1 aliphatic rings. The Balaban J connectivity index is 0.00000392. The third kappa shape index (κ3) is 6.72. The van der Waals surface area contributed by atoms with Crippen LogP contribution in [-0.4, -0.2) is 56.7 Å². The fourth-order valence-corrected chi connectivity index (χ4v) is 3.11. The first-order chi connectivity index (χ1) is 13.0. The highest BCUT2D eigenvalue weighted by Gasteiger charge is 2.27. The summed E-state index contributed by atoms with van der Waals surface area (Å²) < 4.78 is 10.6. The molecule has 1 fully saturated rings. The van der Waals surface area contributed by atoms with Gasteiger partial charge in [0.15, 0.2) is 17.5 Å². The van der Waals surface area contributed by atoms with E-state index in [1.807, 2.05) is 43.9 Å². The number of hydrogen-bond donors (Lipinski definition) is 2. The van der Waals surface area contributed by atoms with E-state index in [4.69, 9.17) is 9.47 Å². The lowest BCUT2D eigenvalue weighted by atomic mass is 10.2. The van der Waals surface area contributed by atoms with Gasteiger partial charge in [-0.05, 0) is 31.0 Å².